The van der Waals surface area contributed by atoms with Crippen molar-refractivity contribution in [3.63, 3.8) is 0 Å². The summed E-state index contributed by atoms with van der Waals surface area (Å²) in [5.74, 6) is 0.260. The number of aryl methyl sites for hydroxylation is 1. The number of amides is 2. The number of nitrogens with one attached hydrogen (secondary N) is 2. The van der Waals surface area contributed by atoms with Crippen molar-refractivity contribution in [3.05, 3.63) is 57.7 Å². The molecule has 0 spiro atoms. The number of carbonyl (C=O) groups is 2. The summed E-state index contributed by atoms with van der Waals surface area (Å²) in [4.78, 5) is 38.0. The second kappa shape index (κ2) is 10.6. The molecule has 0 saturated heterocycles. The molecule has 4 rings (SSSR count). The predicted octanol–water partition coefficient (Wildman–Crippen LogP) is 4.62. The number of pyridine rings is 1. The van der Waals surface area contributed by atoms with Gasteiger partial charge in [0.1, 0.15) is 10.3 Å². The Bertz CT molecular complexity index is 1260. The van der Waals surface area contributed by atoms with Crippen LogP contribution in [0.4, 0.5) is 0 Å². The molecule has 0 radical (unpaired) electrons. The van der Waals surface area contributed by atoms with Gasteiger partial charge in [0.15, 0.2) is 5.01 Å². The number of benzene rings is 1. The van der Waals surface area contributed by atoms with Gasteiger partial charge in [0.25, 0.3) is 11.8 Å². The van der Waals surface area contributed by atoms with Crippen LogP contribution in [0, 0.1) is 11.3 Å². The molecule has 0 aliphatic heterocycles. The zero-order chi connectivity index (χ0) is 26.0. The van der Waals surface area contributed by atoms with E-state index in [9.17, 15) is 9.59 Å². The Morgan fingerprint density at radius 3 is 2.64 bits per heavy atom. The van der Waals surface area contributed by atoms with Gasteiger partial charge in [-0.2, -0.15) is 0 Å². The highest BCUT2D eigenvalue weighted by atomic mass is 32.1. The largest absolute Gasteiger partial charge is 0.355 e. The SMILES string of the molecule is CNC(=O)c1cccc([C@@H](CCN(C)C)NC(=O)c2nc3cc4c(nc3s2)CC[C@H](C(C)(C)C)C4)c1. The standard InChI is InChI=1S/C28H37N5O2S/c1-28(2,3)20-10-11-21-19(15-20)16-23-26(31-21)36-27(32-23)25(35)30-22(12-13-33(5)6)17-8-7-9-18(14-17)24(34)29-4/h7-9,14,16,20,22H,10-13,15H2,1-6H3,(H,29,34)(H,30,35)/t20-,22+/m0/s1. The second-order valence-electron chi connectivity index (χ2n) is 11.1. The Morgan fingerprint density at radius 1 is 1.17 bits per heavy atom. The number of hydrogen-bond acceptors (Lipinski definition) is 6. The van der Waals surface area contributed by atoms with E-state index < -0.39 is 0 Å². The molecule has 192 valence electrons. The second-order valence-corrected chi connectivity index (χ2v) is 12.0. The molecule has 2 heterocycles. The number of thiazole rings is 1. The molecule has 1 aromatic carbocycles. The fraction of sp³-hybridized carbons (Fsp3) is 0.500. The van der Waals surface area contributed by atoms with Crippen LogP contribution in [-0.2, 0) is 12.8 Å². The molecule has 0 fully saturated rings. The van der Waals surface area contributed by atoms with E-state index in [0.717, 1.165) is 47.4 Å². The normalized spacial score (nSPS) is 16.6. The molecule has 2 N–H and O–H groups in total. The van der Waals surface area contributed by atoms with Gasteiger partial charge < -0.3 is 15.5 Å². The minimum Gasteiger partial charge on any atom is -0.355 e. The average molecular weight is 508 g/mol. The van der Waals surface area contributed by atoms with Crippen molar-refractivity contribution < 1.29 is 9.59 Å². The van der Waals surface area contributed by atoms with E-state index in [1.807, 2.05) is 32.3 Å². The van der Waals surface area contributed by atoms with Gasteiger partial charge in [-0.3, -0.25) is 9.59 Å². The highest BCUT2D eigenvalue weighted by Crippen LogP contribution is 2.38. The summed E-state index contributed by atoms with van der Waals surface area (Å²) >= 11 is 1.35. The van der Waals surface area contributed by atoms with Crippen LogP contribution in [0.2, 0.25) is 0 Å². The zero-order valence-electron chi connectivity index (χ0n) is 22.1. The maximum absolute atomic E-state index is 13.3. The molecule has 36 heavy (non-hydrogen) atoms. The summed E-state index contributed by atoms with van der Waals surface area (Å²) in [7, 11) is 5.62. The number of aromatic nitrogens is 2. The number of fused-ring (bicyclic) bond motifs is 2. The van der Waals surface area contributed by atoms with Crippen molar-refractivity contribution in [1.82, 2.24) is 25.5 Å². The molecule has 1 aliphatic rings. The Hall–Kier alpha value is -2.84. The molecule has 7 nitrogen and oxygen atoms in total. The highest BCUT2D eigenvalue weighted by molar-refractivity contribution is 7.19. The van der Waals surface area contributed by atoms with Crippen LogP contribution in [0.1, 0.15) is 76.6 Å². The summed E-state index contributed by atoms with van der Waals surface area (Å²) < 4.78 is 0. The maximum atomic E-state index is 13.3. The Kier molecular flexibility index (Phi) is 7.76. The van der Waals surface area contributed by atoms with Crippen molar-refractivity contribution in [2.45, 2.75) is 52.5 Å². The molecular weight excluding hydrogens is 470 g/mol. The number of nitrogens with zero attached hydrogens (tertiary/aromatic N) is 3. The quantitative estimate of drug-likeness (QED) is 0.487. The average Bonchev–Trinajstić information content (AvgIpc) is 3.26. The number of carbonyl (C=O) groups excluding carboxylic acids is 2. The molecule has 2 atom stereocenters. The minimum absolute atomic E-state index is 0.149. The first-order valence-electron chi connectivity index (χ1n) is 12.6. The first-order chi connectivity index (χ1) is 17.0. The van der Waals surface area contributed by atoms with Gasteiger partial charge in [-0.25, -0.2) is 9.97 Å². The van der Waals surface area contributed by atoms with Gasteiger partial charge in [0.05, 0.1) is 6.04 Å². The lowest BCUT2D eigenvalue weighted by Gasteiger charge is -2.34. The van der Waals surface area contributed by atoms with Crippen molar-refractivity contribution in [1.29, 1.82) is 0 Å². The molecule has 2 amide bonds. The monoisotopic (exact) mass is 507 g/mol. The van der Waals surface area contributed by atoms with Gasteiger partial charge in [0, 0.05) is 18.3 Å². The topological polar surface area (TPSA) is 87.2 Å². The van der Waals surface area contributed by atoms with Crippen molar-refractivity contribution in [2.24, 2.45) is 11.3 Å². The van der Waals surface area contributed by atoms with Gasteiger partial charge in [-0.1, -0.05) is 44.2 Å². The van der Waals surface area contributed by atoms with Crippen LogP contribution < -0.4 is 10.6 Å². The van der Waals surface area contributed by atoms with E-state index in [0.29, 0.717) is 22.9 Å². The third kappa shape index (κ3) is 5.93. The predicted molar refractivity (Wildman–Crippen MR) is 146 cm³/mol. The third-order valence-electron chi connectivity index (χ3n) is 7.12. The minimum atomic E-state index is -0.245. The molecule has 0 bridgehead atoms. The Labute approximate surface area is 217 Å². The lowest BCUT2D eigenvalue weighted by molar-refractivity contribution is 0.0932. The summed E-state index contributed by atoms with van der Waals surface area (Å²) in [5.41, 5.74) is 4.94. The van der Waals surface area contributed by atoms with Gasteiger partial charge in [0.2, 0.25) is 0 Å². The Balaban J connectivity index is 1.58. The van der Waals surface area contributed by atoms with Crippen LogP contribution in [0.15, 0.2) is 30.3 Å². The van der Waals surface area contributed by atoms with Crippen LogP contribution in [0.3, 0.4) is 0 Å². The molecule has 1 aliphatic carbocycles. The first kappa shape index (κ1) is 26.2. The molecule has 2 aromatic heterocycles. The number of rotatable bonds is 7. The number of hydrogen-bond donors (Lipinski definition) is 2. The molecule has 3 aromatic rings. The van der Waals surface area contributed by atoms with E-state index in [1.165, 1.54) is 16.9 Å². The van der Waals surface area contributed by atoms with Crippen molar-refractivity contribution >= 4 is 33.5 Å². The highest BCUT2D eigenvalue weighted by Gasteiger charge is 2.30. The van der Waals surface area contributed by atoms with Gasteiger partial charge in [-0.05, 0) is 87.0 Å². The third-order valence-corrected chi connectivity index (χ3v) is 8.08. The van der Waals surface area contributed by atoms with Crippen molar-refractivity contribution in [2.75, 3.05) is 27.7 Å². The summed E-state index contributed by atoms with van der Waals surface area (Å²) in [5, 5.41) is 6.25. The van der Waals surface area contributed by atoms with E-state index in [4.69, 9.17) is 4.98 Å². The van der Waals surface area contributed by atoms with Crippen molar-refractivity contribution in [3.8, 4) is 0 Å². The fourth-order valence-electron chi connectivity index (χ4n) is 4.82. The lowest BCUT2D eigenvalue weighted by atomic mass is 9.71. The van der Waals surface area contributed by atoms with Crippen LogP contribution >= 0.6 is 11.3 Å². The zero-order valence-corrected chi connectivity index (χ0v) is 23.0. The maximum Gasteiger partial charge on any atom is 0.280 e. The smallest absolute Gasteiger partial charge is 0.280 e. The Morgan fingerprint density at radius 2 is 1.94 bits per heavy atom. The lowest BCUT2D eigenvalue weighted by Crippen LogP contribution is -2.31. The summed E-state index contributed by atoms with van der Waals surface area (Å²) in [6, 6.07) is 9.32. The van der Waals surface area contributed by atoms with Crippen LogP contribution in [-0.4, -0.2) is 54.4 Å². The van der Waals surface area contributed by atoms with Gasteiger partial charge >= 0.3 is 0 Å². The molecule has 0 saturated carbocycles. The van der Waals surface area contributed by atoms with Crippen LogP contribution in [0.25, 0.3) is 10.3 Å². The van der Waals surface area contributed by atoms with E-state index in [1.54, 1.807) is 13.1 Å². The van der Waals surface area contributed by atoms with E-state index in [2.05, 4.69) is 47.4 Å². The van der Waals surface area contributed by atoms with Gasteiger partial charge in [-0.15, -0.1) is 0 Å². The van der Waals surface area contributed by atoms with Crippen LogP contribution in [0.5, 0.6) is 0 Å². The summed E-state index contributed by atoms with van der Waals surface area (Å²) in [6.45, 7) is 7.70. The molecular formula is C28H37N5O2S. The molecule has 8 heteroatoms. The summed E-state index contributed by atoms with van der Waals surface area (Å²) in [6.07, 6.45) is 3.83. The fourth-order valence-corrected chi connectivity index (χ4v) is 5.66. The van der Waals surface area contributed by atoms with E-state index >= 15 is 0 Å². The van der Waals surface area contributed by atoms with E-state index in [-0.39, 0.29) is 23.3 Å². The molecule has 0 unspecified atom stereocenters. The first-order valence-corrected chi connectivity index (χ1v) is 13.4.